The summed E-state index contributed by atoms with van der Waals surface area (Å²) in [4.78, 5) is 0. The van der Waals surface area contributed by atoms with Gasteiger partial charge in [0.1, 0.15) is 5.76 Å². The molecular formula is C15H19NO. The van der Waals surface area contributed by atoms with E-state index in [1.165, 1.54) is 16.7 Å². The van der Waals surface area contributed by atoms with Crippen LogP contribution in [0.15, 0.2) is 41.0 Å². The summed E-state index contributed by atoms with van der Waals surface area (Å²) in [5, 5.41) is 3.34. The maximum Gasteiger partial charge on any atom is 0.101 e. The number of hydrogen-bond acceptors (Lipinski definition) is 2. The molecule has 0 saturated carbocycles. The topological polar surface area (TPSA) is 25.2 Å². The highest BCUT2D eigenvalue weighted by Crippen LogP contribution is 2.24. The molecular weight excluding hydrogens is 210 g/mol. The first-order valence-corrected chi connectivity index (χ1v) is 6.05. The van der Waals surface area contributed by atoms with Gasteiger partial charge in [-0.15, -0.1) is 0 Å². The molecule has 2 nitrogen and oxygen atoms in total. The predicted molar refractivity (Wildman–Crippen MR) is 70.2 cm³/mol. The van der Waals surface area contributed by atoms with Gasteiger partial charge in [-0.3, -0.25) is 0 Å². The van der Waals surface area contributed by atoms with Crippen molar-refractivity contribution < 1.29 is 4.42 Å². The molecule has 2 rings (SSSR count). The van der Waals surface area contributed by atoms with Gasteiger partial charge in [0.2, 0.25) is 0 Å². The first-order valence-electron chi connectivity index (χ1n) is 6.05. The Hall–Kier alpha value is -1.54. The third-order valence-electron chi connectivity index (χ3n) is 3.07. The fraction of sp³-hybridized carbons (Fsp3) is 0.333. The summed E-state index contributed by atoms with van der Waals surface area (Å²) in [5.74, 6) is 0.951. The Labute approximate surface area is 103 Å². The van der Waals surface area contributed by atoms with E-state index in [1.54, 1.807) is 0 Å². The van der Waals surface area contributed by atoms with Crippen LogP contribution in [0, 0.1) is 6.92 Å². The van der Waals surface area contributed by atoms with Crippen molar-refractivity contribution in [3.8, 4) is 0 Å². The van der Waals surface area contributed by atoms with Crippen molar-refractivity contribution in [1.29, 1.82) is 0 Å². The maximum atomic E-state index is 5.39. The van der Waals surface area contributed by atoms with Crippen LogP contribution in [0.3, 0.4) is 0 Å². The Morgan fingerprint density at radius 3 is 2.65 bits per heavy atom. The van der Waals surface area contributed by atoms with Gasteiger partial charge in [-0.05, 0) is 37.6 Å². The quantitative estimate of drug-likeness (QED) is 0.868. The van der Waals surface area contributed by atoms with E-state index in [-0.39, 0.29) is 6.04 Å². The highest BCUT2D eigenvalue weighted by Gasteiger charge is 2.14. The van der Waals surface area contributed by atoms with Gasteiger partial charge >= 0.3 is 0 Å². The zero-order valence-electron chi connectivity index (χ0n) is 10.7. The van der Waals surface area contributed by atoms with E-state index < -0.39 is 0 Å². The molecule has 17 heavy (non-hydrogen) atoms. The average molecular weight is 229 g/mol. The van der Waals surface area contributed by atoms with Gasteiger partial charge in [-0.1, -0.05) is 31.2 Å². The molecule has 0 bridgehead atoms. The lowest BCUT2D eigenvalue weighted by Gasteiger charge is -2.15. The lowest BCUT2D eigenvalue weighted by molar-refractivity contribution is 0.528. The number of benzene rings is 1. The largest absolute Gasteiger partial charge is 0.469 e. The summed E-state index contributed by atoms with van der Waals surface area (Å²) in [6, 6.07) is 11.0. The number of rotatable bonds is 4. The van der Waals surface area contributed by atoms with Crippen molar-refractivity contribution in [3.05, 3.63) is 59.0 Å². The molecule has 1 atom stereocenters. The van der Waals surface area contributed by atoms with Gasteiger partial charge < -0.3 is 9.73 Å². The molecule has 0 radical (unpaired) electrons. The SMILES string of the molecule is CCc1cccc(C(NC)c2coc(C)c2)c1. The minimum atomic E-state index is 0.207. The molecule has 0 spiro atoms. The molecule has 1 N–H and O–H groups in total. The number of hydrogen-bond donors (Lipinski definition) is 1. The van der Waals surface area contributed by atoms with E-state index in [2.05, 4.69) is 42.6 Å². The van der Waals surface area contributed by atoms with Gasteiger partial charge in [0.25, 0.3) is 0 Å². The van der Waals surface area contributed by atoms with Gasteiger partial charge in [0.15, 0.2) is 0 Å². The average Bonchev–Trinajstić information content (AvgIpc) is 2.77. The van der Waals surface area contributed by atoms with Crippen molar-refractivity contribution in [2.45, 2.75) is 26.3 Å². The van der Waals surface area contributed by atoms with Crippen molar-refractivity contribution in [2.75, 3.05) is 7.05 Å². The van der Waals surface area contributed by atoms with Crippen LogP contribution >= 0.6 is 0 Å². The van der Waals surface area contributed by atoms with E-state index in [0.717, 1.165) is 12.2 Å². The smallest absolute Gasteiger partial charge is 0.101 e. The van der Waals surface area contributed by atoms with Gasteiger partial charge in [0, 0.05) is 5.56 Å². The molecule has 0 amide bonds. The minimum absolute atomic E-state index is 0.207. The van der Waals surface area contributed by atoms with Crippen LogP contribution in [0.4, 0.5) is 0 Å². The van der Waals surface area contributed by atoms with Crippen LogP contribution in [0.2, 0.25) is 0 Å². The van der Waals surface area contributed by atoms with Crippen molar-refractivity contribution in [2.24, 2.45) is 0 Å². The first kappa shape index (κ1) is 11.9. The summed E-state index contributed by atoms with van der Waals surface area (Å²) >= 11 is 0. The Kier molecular flexibility index (Phi) is 3.64. The van der Waals surface area contributed by atoms with Crippen LogP contribution in [0.5, 0.6) is 0 Å². The molecule has 0 saturated heterocycles. The summed E-state index contributed by atoms with van der Waals surface area (Å²) in [6.07, 6.45) is 2.89. The molecule has 0 aliphatic heterocycles. The zero-order valence-corrected chi connectivity index (χ0v) is 10.7. The van der Waals surface area contributed by atoms with E-state index >= 15 is 0 Å². The lowest BCUT2D eigenvalue weighted by Crippen LogP contribution is -2.17. The number of aryl methyl sites for hydroxylation is 2. The second kappa shape index (κ2) is 5.19. The molecule has 90 valence electrons. The molecule has 0 aliphatic carbocycles. The lowest BCUT2D eigenvalue weighted by atomic mass is 9.98. The standard InChI is InChI=1S/C15H19NO/c1-4-12-6-5-7-13(9-12)15(16-3)14-8-11(2)17-10-14/h5-10,15-16H,4H2,1-3H3. The second-order valence-corrected chi connectivity index (χ2v) is 4.31. The maximum absolute atomic E-state index is 5.39. The Balaban J connectivity index is 2.34. The molecule has 0 fully saturated rings. The zero-order chi connectivity index (χ0) is 12.3. The van der Waals surface area contributed by atoms with E-state index in [9.17, 15) is 0 Å². The minimum Gasteiger partial charge on any atom is -0.469 e. The van der Waals surface area contributed by atoms with Crippen LogP contribution in [0.1, 0.15) is 35.4 Å². The normalized spacial score (nSPS) is 12.6. The highest BCUT2D eigenvalue weighted by molar-refractivity contribution is 5.33. The van der Waals surface area contributed by atoms with Crippen molar-refractivity contribution >= 4 is 0 Å². The summed E-state index contributed by atoms with van der Waals surface area (Å²) in [5.41, 5.74) is 3.83. The number of furan rings is 1. The molecule has 1 aromatic heterocycles. The van der Waals surface area contributed by atoms with Crippen molar-refractivity contribution in [1.82, 2.24) is 5.32 Å². The van der Waals surface area contributed by atoms with E-state index in [4.69, 9.17) is 4.42 Å². The molecule has 1 heterocycles. The molecule has 0 aliphatic rings. The van der Waals surface area contributed by atoms with E-state index in [0.29, 0.717) is 0 Å². The third kappa shape index (κ3) is 2.59. The highest BCUT2D eigenvalue weighted by atomic mass is 16.3. The van der Waals surface area contributed by atoms with Crippen LogP contribution in [0.25, 0.3) is 0 Å². The molecule has 1 unspecified atom stereocenters. The van der Waals surface area contributed by atoms with Crippen LogP contribution < -0.4 is 5.32 Å². The van der Waals surface area contributed by atoms with Gasteiger partial charge in [-0.2, -0.15) is 0 Å². The monoisotopic (exact) mass is 229 g/mol. The summed E-state index contributed by atoms with van der Waals surface area (Å²) < 4.78 is 5.39. The molecule has 2 aromatic rings. The van der Waals surface area contributed by atoms with Crippen LogP contribution in [-0.2, 0) is 6.42 Å². The summed E-state index contributed by atoms with van der Waals surface area (Å²) in [7, 11) is 1.98. The number of nitrogens with one attached hydrogen (secondary N) is 1. The second-order valence-electron chi connectivity index (χ2n) is 4.31. The van der Waals surface area contributed by atoms with Crippen molar-refractivity contribution in [3.63, 3.8) is 0 Å². The Morgan fingerprint density at radius 1 is 1.24 bits per heavy atom. The summed E-state index contributed by atoms with van der Waals surface area (Å²) in [6.45, 7) is 4.15. The van der Waals surface area contributed by atoms with Crippen LogP contribution in [-0.4, -0.2) is 7.05 Å². The van der Waals surface area contributed by atoms with Gasteiger partial charge in [-0.25, -0.2) is 0 Å². The Morgan fingerprint density at radius 2 is 2.06 bits per heavy atom. The van der Waals surface area contributed by atoms with E-state index in [1.807, 2.05) is 20.2 Å². The predicted octanol–water partition coefficient (Wildman–Crippen LogP) is 3.46. The third-order valence-corrected chi connectivity index (χ3v) is 3.07. The fourth-order valence-electron chi connectivity index (χ4n) is 2.13. The molecule has 1 aromatic carbocycles. The first-order chi connectivity index (χ1) is 8.24. The Bertz CT molecular complexity index is 487. The van der Waals surface area contributed by atoms with Gasteiger partial charge in [0.05, 0.1) is 12.3 Å². The fourth-order valence-corrected chi connectivity index (χ4v) is 2.13. The molecule has 2 heteroatoms.